The predicted octanol–water partition coefficient (Wildman–Crippen LogP) is 36.2. The monoisotopic (exact) mass is 1630 g/mol. The zero-order valence-corrected chi connectivity index (χ0v) is 80.4. The molecule has 10 aromatic carbocycles. The molecule has 0 fully saturated rings. The lowest BCUT2D eigenvalue weighted by molar-refractivity contribution is 0.588. The Bertz CT molecular complexity index is 5440. The quantitative estimate of drug-likeness (QED) is 0.0284. The maximum Gasteiger partial charge on any atom is 0.0722 e. The topological polar surface area (TPSA) is 0 Å². The van der Waals surface area contributed by atoms with Gasteiger partial charge in [0.15, 0.2) is 0 Å². The Kier molecular flexibility index (Phi) is 26.7. The van der Waals surface area contributed by atoms with Crippen molar-refractivity contribution in [2.24, 2.45) is 0 Å². The molecule has 634 valence electrons. The van der Waals surface area contributed by atoms with E-state index in [4.69, 9.17) is 0 Å². The molecule has 2 heteroatoms. The van der Waals surface area contributed by atoms with E-state index >= 15 is 0 Å². The van der Waals surface area contributed by atoms with Crippen molar-refractivity contribution in [3.05, 3.63) is 269 Å². The Morgan fingerprint density at radius 2 is 0.508 bits per heavy atom. The van der Waals surface area contributed by atoms with Crippen LogP contribution in [-0.4, -0.2) is 0 Å². The maximum absolute atomic E-state index is 2.84. The third kappa shape index (κ3) is 17.6. The van der Waals surface area contributed by atoms with Crippen molar-refractivity contribution >= 4 is 65.8 Å². The molecule has 0 unspecified atom stereocenters. The lowest BCUT2D eigenvalue weighted by atomic mass is 9.66. The Hall–Kier alpha value is -7.36. The van der Waals surface area contributed by atoms with E-state index in [2.05, 4.69) is 345 Å². The third-order valence-corrected chi connectivity index (χ3v) is 31.1. The first-order chi connectivity index (χ1) is 57.2. The summed E-state index contributed by atoms with van der Waals surface area (Å²) in [5.41, 5.74) is 27.3. The molecule has 0 atom stereocenters. The van der Waals surface area contributed by atoms with Gasteiger partial charge < -0.3 is 0 Å². The van der Waals surface area contributed by atoms with Crippen LogP contribution in [0.3, 0.4) is 0 Å². The van der Waals surface area contributed by atoms with Crippen LogP contribution >= 0.6 is 22.7 Å². The molecule has 120 heavy (non-hydrogen) atoms. The van der Waals surface area contributed by atoms with Crippen LogP contribution in [0.25, 0.3) is 74.4 Å². The number of thiophene rings is 2. The van der Waals surface area contributed by atoms with Gasteiger partial charge in [-0.1, -0.05) is 408 Å². The van der Waals surface area contributed by atoms with E-state index in [1.54, 1.807) is 22.3 Å². The first kappa shape index (κ1) is 88.9. The van der Waals surface area contributed by atoms with E-state index in [0.717, 1.165) is 25.7 Å². The van der Waals surface area contributed by atoms with Gasteiger partial charge in [-0.05, 0) is 281 Å². The minimum atomic E-state index is -0.675. The van der Waals surface area contributed by atoms with Gasteiger partial charge in [0, 0.05) is 19.5 Å². The molecule has 2 heterocycles. The second-order valence-corrected chi connectivity index (χ2v) is 45.5. The SMILES string of the molecule is CCCCCCCCc1c(CCCCCCCC)c2cc(C(C)(C)C)ccc2c2ccc(-c3cc4c(s3)-c3cc5c(CCCCCCCC)c(CCCCCCCC)c6cc7c(cc6c5cc3C4(c3ccc(C(C)(C)C)cc3)c3ccc(C(C)(C)C)cc3)C(c3ccc(C(C)(C)C)cc3)(c3ccc(C(C)(C)C)cc3)c3cc(C(C)(C)C)sc3-7)cc12. The van der Waals surface area contributed by atoms with Gasteiger partial charge in [-0.2, -0.15) is 0 Å². The Labute approximate surface area is 736 Å². The Morgan fingerprint density at radius 3 is 0.833 bits per heavy atom. The zero-order chi connectivity index (χ0) is 85.5. The van der Waals surface area contributed by atoms with E-state index in [0.29, 0.717) is 0 Å². The number of rotatable bonds is 33. The molecule has 0 nitrogen and oxygen atoms in total. The van der Waals surface area contributed by atoms with E-state index in [-0.39, 0.29) is 32.5 Å². The number of unbranched alkanes of at least 4 members (excludes halogenated alkanes) is 20. The fourth-order valence-corrected chi connectivity index (χ4v) is 23.5. The van der Waals surface area contributed by atoms with Crippen LogP contribution < -0.4 is 0 Å². The van der Waals surface area contributed by atoms with Gasteiger partial charge in [0.05, 0.1) is 10.8 Å². The van der Waals surface area contributed by atoms with Crippen molar-refractivity contribution in [2.45, 2.75) is 375 Å². The zero-order valence-electron chi connectivity index (χ0n) is 78.8. The largest absolute Gasteiger partial charge is 0.139 e. The van der Waals surface area contributed by atoms with Gasteiger partial charge in [0.1, 0.15) is 0 Å². The highest BCUT2D eigenvalue weighted by Crippen LogP contribution is 2.65. The van der Waals surface area contributed by atoms with Gasteiger partial charge in [0.2, 0.25) is 0 Å². The molecular formula is C118H150S2. The standard InChI is InChI=1S/C118H150S2/c1-23-27-31-35-39-43-47-89-90(48-44-40-36-32-28-24-2)96-72-88(115(17,18)19)68-70-94(96)93-69-51-79(71-95(89)93)107-77-105-109(119-107)101-73-97-91(49-45-41-37-33-29-25-3)92(50-46-42-38-34-30-26-4)98-74-102-104(76-100(98)99(97)75-103(101)117(105,84-60-52-80(53-61-84)111(5,6)7)85-62-54-81(55-63-85)112(8,9)10)118(86-64-56-82(57-65-86)113(11,12)13,87-66-58-83(59-67-87)114(14,15)16)106-78-108(116(20,21)22)120-110(102)106/h51-78H,23-50H2,1-22H3. The molecule has 2 aliphatic rings. The van der Waals surface area contributed by atoms with Gasteiger partial charge >= 0.3 is 0 Å². The fraction of sp³-hybridized carbons (Fsp3) is 0.492. The van der Waals surface area contributed by atoms with Crippen LogP contribution in [0.5, 0.6) is 0 Å². The minimum Gasteiger partial charge on any atom is -0.139 e. The van der Waals surface area contributed by atoms with Crippen LogP contribution in [-0.2, 0) is 69.0 Å². The summed E-state index contributed by atoms with van der Waals surface area (Å²) in [4.78, 5) is 5.70. The first-order valence-corrected chi connectivity index (χ1v) is 49.7. The second-order valence-electron chi connectivity index (χ2n) is 43.4. The van der Waals surface area contributed by atoms with Crippen LogP contribution in [0.2, 0.25) is 0 Å². The molecule has 2 aromatic heterocycles. The Balaban J connectivity index is 1.11. The van der Waals surface area contributed by atoms with Crippen molar-refractivity contribution in [1.82, 2.24) is 0 Å². The predicted molar refractivity (Wildman–Crippen MR) is 533 cm³/mol. The normalized spacial score (nSPS) is 14.2. The summed E-state index contributed by atoms with van der Waals surface area (Å²) in [6.07, 6.45) is 35.2. The van der Waals surface area contributed by atoms with Crippen molar-refractivity contribution in [3.63, 3.8) is 0 Å². The van der Waals surface area contributed by atoms with Crippen LogP contribution in [0.1, 0.15) is 406 Å². The molecule has 0 spiro atoms. The fourth-order valence-electron chi connectivity index (χ4n) is 20.9. The molecule has 14 rings (SSSR count). The van der Waals surface area contributed by atoms with Crippen molar-refractivity contribution in [1.29, 1.82) is 0 Å². The molecule has 0 radical (unpaired) electrons. The average Bonchev–Trinajstić information content (AvgIpc) is 1.51. The summed E-state index contributed by atoms with van der Waals surface area (Å²) in [6.45, 7) is 52.6. The van der Waals surface area contributed by atoms with Crippen LogP contribution in [0, 0.1) is 0 Å². The highest BCUT2D eigenvalue weighted by Gasteiger charge is 2.51. The summed E-state index contributed by atoms with van der Waals surface area (Å²) >= 11 is 4.17. The van der Waals surface area contributed by atoms with E-state index in [9.17, 15) is 0 Å². The molecule has 2 aliphatic carbocycles. The Morgan fingerprint density at radius 1 is 0.225 bits per heavy atom. The van der Waals surface area contributed by atoms with Gasteiger partial charge in [-0.15, -0.1) is 22.7 Å². The second kappa shape index (κ2) is 36.1. The van der Waals surface area contributed by atoms with Gasteiger partial charge in [0.25, 0.3) is 0 Å². The van der Waals surface area contributed by atoms with E-state index in [1.807, 2.05) is 0 Å². The van der Waals surface area contributed by atoms with Crippen molar-refractivity contribution in [3.8, 4) is 31.3 Å². The number of hydrogen-bond acceptors (Lipinski definition) is 2. The average molecular weight is 1630 g/mol. The molecule has 0 saturated heterocycles. The number of benzene rings is 10. The molecule has 0 aliphatic heterocycles. The molecule has 0 N–H and O–H groups in total. The molecular weight excluding hydrogens is 1480 g/mol. The molecule has 0 bridgehead atoms. The van der Waals surface area contributed by atoms with Crippen molar-refractivity contribution in [2.75, 3.05) is 0 Å². The summed E-state index contributed by atoms with van der Waals surface area (Å²) in [5, 5.41) is 11.6. The summed E-state index contributed by atoms with van der Waals surface area (Å²) in [7, 11) is 0. The van der Waals surface area contributed by atoms with Crippen LogP contribution in [0.15, 0.2) is 170 Å². The lowest BCUT2D eigenvalue weighted by Crippen LogP contribution is -2.29. The number of fused-ring (bicyclic) bond motifs is 12. The minimum absolute atomic E-state index is 0.00387. The molecule has 0 saturated carbocycles. The molecule has 12 aromatic rings. The van der Waals surface area contributed by atoms with Crippen molar-refractivity contribution < 1.29 is 0 Å². The van der Waals surface area contributed by atoms with Crippen LogP contribution in [0.4, 0.5) is 0 Å². The smallest absolute Gasteiger partial charge is 0.0722 e. The summed E-state index contributed by atoms with van der Waals surface area (Å²) in [6, 6.07) is 72.5. The maximum atomic E-state index is 2.84. The van der Waals surface area contributed by atoms with E-state index in [1.165, 1.54) is 306 Å². The van der Waals surface area contributed by atoms with Gasteiger partial charge in [-0.25, -0.2) is 0 Å². The molecule has 0 amide bonds. The lowest BCUT2D eigenvalue weighted by Gasteiger charge is -2.35. The summed E-state index contributed by atoms with van der Waals surface area (Å²) < 4.78 is 0. The highest BCUT2D eigenvalue weighted by atomic mass is 32.1. The third-order valence-electron chi connectivity index (χ3n) is 28.3. The highest BCUT2D eigenvalue weighted by molar-refractivity contribution is 7.19. The first-order valence-electron chi connectivity index (χ1n) is 48.0. The number of hydrogen-bond donors (Lipinski definition) is 0. The van der Waals surface area contributed by atoms with Gasteiger partial charge in [-0.3, -0.25) is 0 Å². The number of aryl methyl sites for hydroxylation is 4. The van der Waals surface area contributed by atoms with E-state index < -0.39 is 10.8 Å². The summed E-state index contributed by atoms with van der Waals surface area (Å²) in [5.74, 6) is 0.